The van der Waals surface area contributed by atoms with E-state index >= 15 is 0 Å². The molecular formula is C17H17ClN2O. The van der Waals surface area contributed by atoms with Crippen LogP contribution in [-0.2, 0) is 11.2 Å². The quantitative estimate of drug-likeness (QED) is 0.662. The van der Waals surface area contributed by atoms with Gasteiger partial charge in [-0.15, -0.1) is 0 Å². The first-order valence-corrected chi connectivity index (χ1v) is 7.22. The molecule has 1 N–H and O–H groups in total. The van der Waals surface area contributed by atoms with E-state index < -0.39 is 0 Å². The van der Waals surface area contributed by atoms with Crippen molar-refractivity contribution < 1.29 is 4.79 Å². The van der Waals surface area contributed by atoms with Crippen LogP contribution in [0.4, 0.5) is 0 Å². The summed E-state index contributed by atoms with van der Waals surface area (Å²) in [6.07, 6.45) is 1.03. The van der Waals surface area contributed by atoms with Crippen molar-refractivity contribution in [2.24, 2.45) is 5.10 Å². The van der Waals surface area contributed by atoms with Gasteiger partial charge in [-0.05, 0) is 29.7 Å². The van der Waals surface area contributed by atoms with E-state index in [2.05, 4.69) is 10.5 Å². The Morgan fingerprint density at radius 1 is 1.14 bits per heavy atom. The molecule has 0 radical (unpaired) electrons. The van der Waals surface area contributed by atoms with Crippen molar-refractivity contribution in [3.63, 3.8) is 0 Å². The van der Waals surface area contributed by atoms with E-state index in [1.165, 1.54) is 0 Å². The van der Waals surface area contributed by atoms with Crippen molar-refractivity contribution in [1.29, 1.82) is 0 Å². The fraction of sp³-hybridized carbons (Fsp3) is 0.176. The lowest BCUT2D eigenvalue weighted by Gasteiger charge is -2.06. The van der Waals surface area contributed by atoms with Gasteiger partial charge in [0.2, 0.25) is 5.91 Å². The number of rotatable bonds is 5. The number of carbonyl (C=O) groups excluding carboxylic acids is 1. The maximum atomic E-state index is 11.9. The third-order valence-corrected chi connectivity index (χ3v) is 3.25. The zero-order chi connectivity index (χ0) is 15.1. The van der Waals surface area contributed by atoms with Gasteiger partial charge in [0.25, 0.3) is 0 Å². The number of hydrazone groups is 1. The second kappa shape index (κ2) is 7.60. The van der Waals surface area contributed by atoms with Gasteiger partial charge in [0, 0.05) is 5.02 Å². The minimum absolute atomic E-state index is 0.130. The van der Waals surface area contributed by atoms with Gasteiger partial charge in [0.15, 0.2) is 0 Å². The van der Waals surface area contributed by atoms with E-state index in [4.69, 9.17) is 11.6 Å². The monoisotopic (exact) mass is 300 g/mol. The molecule has 0 bridgehead atoms. The number of hydrogen-bond donors (Lipinski definition) is 1. The predicted molar refractivity (Wildman–Crippen MR) is 86.6 cm³/mol. The molecule has 0 saturated heterocycles. The largest absolute Gasteiger partial charge is 0.273 e. The van der Waals surface area contributed by atoms with Crippen LogP contribution < -0.4 is 5.43 Å². The van der Waals surface area contributed by atoms with Crippen LogP contribution in [0.1, 0.15) is 24.5 Å². The average molecular weight is 301 g/mol. The molecule has 0 unspecified atom stereocenters. The van der Waals surface area contributed by atoms with Gasteiger partial charge in [0.1, 0.15) is 0 Å². The highest BCUT2D eigenvalue weighted by Gasteiger charge is 2.05. The summed E-state index contributed by atoms with van der Waals surface area (Å²) in [5.41, 5.74) is 5.30. The van der Waals surface area contributed by atoms with Gasteiger partial charge in [-0.25, -0.2) is 5.43 Å². The van der Waals surface area contributed by atoms with Crippen LogP contribution in [0.25, 0.3) is 0 Å². The van der Waals surface area contributed by atoms with Crippen LogP contribution in [0.5, 0.6) is 0 Å². The molecule has 3 nitrogen and oxygen atoms in total. The molecule has 0 aliphatic carbocycles. The van der Waals surface area contributed by atoms with Crippen LogP contribution >= 0.6 is 11.6 Å². The summed E-state index contributed by atoms with van der Waals surface area (Å²) in [5, 5.41) is 4.86. The standard InChI is InChI=1S/C17H17ClN2O/c1-2-16(14-9-6-10-15(18)12-14)19-20-17(21)11-13-7-4-3-5-8-13/h3-10,12H,2,11H2,1H3,(H,20,21)/b19-16+. The Bertz CT molecular complexity index is 638. The summed E-state index contributed by atoms with van der Waals surface area (Å²) in [6.45, 7) is 1.99. The molecular weight excluding hydrogens is 284 g/mol. The number of hydrogen-bond acceptors (Lipinski definition) is 2. The molecule has 0 aliphatic rings. The van der Waals surface area contributed by atoms with Gasteiger partial charge >= 0.3 is 0 Å². The molecule has 0 aliphatic heterocycles. The fourth-order valence-electron chi connectivity index (χ4n) is 1.97. The number of carbonyl (C=O) groups is 1. The zero-order valence-electron chi connectivity index (χ0n) is 11.8. The summed E-state index contributed by atoms with van der Waals surface area (Å²) in [4.78, 5) is 11.9. The smallest absolute Gasteiger partial charge is 0.244 e. The molecule has 0 atom stereocenters. The maximum absolute atomic E-state index is 11.9. The van der Waals surface area contributed by atoms with Crippen molar-refractivity contribution in [2.75, 3.05) is 0 Å². The van der Waals surface area contributed by atoms with Crippen LogP contribution in [0, 0.1) is 0 Å². The lowest BCUT2D eigenvalue weighted by Crippen LogP contribution is -2.21. The molecule has 1 amide bonds. The predicted octanol–water partition coefficient (Wildman–Crippen LogP) is 3.81. The Balaban J connectivity index is 2.02. The first-order valence-electron chi connectivity index (χ1n) is 6.84. The highest BCUT2D eigenvalue weighted by atomic mass is 35.5. The highest BCUT2D eigenvalue weighted by Crippen LogP contribution is 2.12. The van der Waals surface area contributed by atoms with Crippen molar-refractivity contribution in [1.82, 2.24) is 5.43 Å². The summed E-state index contributed by atoms with van der Waals surface area (Å²) >= 11 is 5.97. The van der Waals surface area contributed by atoms with Crippen molar-refractivity contribution >= 4 is 23.2 Å². The van der Waals surface area contributed by atoms with Gasteiger partial charge in [0.05, 0.1) is 12.1 Å². The zero-order valence-corrected chi connectivity index (χ0v) is 12.6. The van der Waals surface area contributed by atoms with Gasteiger partial charge < -0.3 is 0 Å². The van der Waals surface area contributed by atoms with E-state index in [-0.39, 0.29) is 5.91 Å². The summed E-state index contributed by atoms with van der Waals surface area (Å²) in [5.74, 6) is -0.130. The molecule has 0 aromatic heterocycles. The number of nitrogens with zero attached hydrogens (tertiary/aromatic N) is 1. The lowest BCUT2D eigenvalue weighted by atomic mass is 10.1. The second-order valence-corrected chi connectivity index (χ2v) is 5.06. The highest BCUT2D eigenvalue weighted by molar-refractivity contribution is 6.31. The third kappa shape index (κ3) is 4.72. The van der Waals surface area contributed by atoms with Gasteiger partial charge in [-0.1, -0.05) is 61.0 Å². The maximum Gasteiger partial charge on any atom is 0.244 e. The number of nitrogens with one attached hydrogen (secondary N) is 1. The average Bonchev–Trinajstić information content (AvgIpc) is 2.49. The molecule has 2 rings (SSSR count). The number of amides is 1. The topological polar surface area (TPSA) is 41.5 Å². The minimum Gasteiger partial charge on any atom is -0.273 e. The number of halogens is 1. The normalized spacial score (nSPS) is 11.2. The lowest BCUT2D eigenvalue weighted by molar-refractivity contribution is -0.120. The molecule has 108 valence electrons. The Morgan fingerprint density at radius 2 is 1.90 bits per heavy atom. The first-order chi connectivity index (χ1) is 10.2. The van der Waals surface area contributed by atoms with E-state index in [1.54, 1.807) is 0 Å². The Kier molecular flexibility index (Phi) is 5.52. The Morgan fingerprint density at radius 3 is 2.57 bits per heavy atom. The van der Waals surface area contributed by atoms with Crippen LogP contribution in [0.3, 0.4) is 0 Å². The van der Waals surface area contributed by atoms with Crippen molar-refractivity contribution in [3.8, 4) is 0 Å². The molecule has 4 heteroatoms. The Labute approximate surface area is 129 Å². The summed E-state index contributed by atoms with van der Waals surface area (Å²) in [7, 11) is 0. The molecule has 0 heterocycles. The van der Waals surface area contributed by atoms with Crippen LogP contribution in [0.15, 0.2) is 59.7 Å². The van der Waals surface area contributed by atoms with E-state index in [9.17, 15) is 4.79 Å². The first kappa shape index (κ1) is 15.3. The SMILES string of the molecule is CC/C(=N\NC(=O)Cc1ccccc1)c1cccc(Cl)c1. The van der Waals surface area contributed by atoms with E-state index in [0.29, 0.717) is 17.9 Å². The van der Waals surface area contributed by atoms with Crippen LogP contribution in [0.2, 0.25) is 5.02 Å². The molecule has 2 aromatic carbocycles. The Hall–Kier alpha value is -2.13. The number of benzene rings is 2. The molecule has 21 heavy (non-hydrogen) atoms. The summed E-state index contributed by atoms with van der Waals surface area (Å²) in [6, 6.07) is 17.0. The fourth-order valence-corrected chi connectivity index (χ4v) is 2.16. The van der Waals surface area contributed by atoms with Crippen LogP contribution in [-0.4, -0.2) is 11.6 Å². The van der Waals surface area contributed by atoms with E-state index in [1.807, 2.05) is 61.5 Å². The van der Waals surface area contributed by atoms with E-state index in [0.717, 1.165) is 16.8 Å². The van der Waals surface area contributed by atoms with Gasteiger partial charge in [-0.3, -0.25) is 4.79 Å². The van der Waals surface area contributed by atoms with Gasteiger partial charge in [-0.2, -0.15) is 5.10 Å². The van der Waals surface area contributed by atoms with Crippen molar-refractivity contribution in [3.05, 3.63) is 70.7 Å². The molecule has 2 aromatic rings. The molecule has 0 fully saturated rings. The summed E-state index contributed by atoms with van der Waals surface area (Å²) < 4.78 is 0. The van der Waals surface area contributed by atoms with Crippen molar-refractivity contribution in [2.45, 2.75) is 19.8 Å². The second-order valence-electron chi connectivity index (χ2n) is 4.62. The third-order valence-electron chi connectivity index (χ3n) is 3.02. The molecule has 0 spiro atoms. The molecule has 0 saturated carbocycles. The minimum atomic E-state index is -0.130.